The Bertz CT molecular complexity index is 348. The first kappa shape index (κ1) is 10.9. The van der Waals surface area contributed by atoms with Crippen LogP contribution in [0.15, 0.2) is 24.3 Å². The molecule has 1 N–H and O–H groups in total. The molecule has 0 aromatic rings. The monoisotopic (exact) mass is 226 g/mol. The van der Waals surface area contributed by atoms with Crippen molar-refractivity contribution < 1.29 is 9.90 Å². The fourth-order valence-corrected chi connectivity index (χ4v) is 3.15. The summed E-state index contributed by atoms with van der Waals surface area (Å²) in [7, 11) is 0. The summed E-state index contributed by atoms with van der Waals surface area (Å²) in [6, 6.07) is 0. The average Bonchev–Trinajstić information content (AvgIpc) is 2.25. The Morgan fingerprint density at radius 3 is 3.00 bits per heavy atom. The molecule has 0 saturated heterocycles. The van der Waals surface area contributed by atoms with Gasteiger partial charge in [0.15, 0.2) is 5.78 Å². The van der Waals surface area contributed by atoms with E-state index in [4.69, 9.17) is 11.6 Å². The molecule has 3 rings (SSSR count). The summed E-state index contributed by atoms with van der Waals surface area (Å²) < 4.78 is 0. The molecular weight excluding hydrogens is 212 g/mol. The van der Waals surface area contributed by atoms with E-state index in [0.29, 0.717) is 0 Å². The highest BCUT2D eigenvalue weighted by molar-refractivity contribution is 6.21. The van der Waals surface area contributed by atoms with Crippen molar-refractivity contribution in [3.8, 4) is 0 Å². The van der Waals surface area contributed by atoms with E-state index in [1.165, 1.54) is 0 Å². The Hall–Kier alpha value is -0.600. The zero-order valence-electron chi connectivity index (χ0n) is 8.74. The van der Waals surface area contributed by atoms with Crippen LogP contribution in [0.4, 0.5) is 0 Å². The summed E-state index contributed by atoms with van der Waals surface area (Å²) in [6.07, 6.45) is 4.56. The largest absolute Gasteiger partial charge is 0.380 e. The summed E-state index contributed by atoms with van der Waals surface area (Å²) in [5, 5.41) is 10.3. The number of allylic oxidation sites excluding steroid dienone is 2. The normalized spacial score (nSPS) is 44.1. The van der Waals surface area contributed by atoms with Gasteiger partial charge in [-0.25, -0.2) is 0 Å². The molecule has 0 aromatic heterocycles. The quantitative estimate of drug-likeness (QED) is 0.577. The second kappa shape index (κ2) is 3.46. The van der Waals surface area contributed by atoms with E-state index >= 15 is 0 Å². The van der Waals surface area contributed by atoms with Crippen molar-refractivity contribution in [3.05, 3.63) is 24.3 Å². The number of Topliss-reactive ketones (excluding diaryl/α,β-unsaturated/α-hetero) is 1. The molecule has 0 amide bonds. The lowest BCUT2D eigenvalue weighted by molar-refractivity contribution is -0.150. The average molecular weight is 227 g/mol. The zero-order valence-corrected chi connectivity index (χ0v) is 9.50. The molecule has 3 aliphatic carbocycles. The third-order valence-electron chi connectivity index (χ3n) is 3.77. The lowest BCUT2D eigenvalue weighted by atomic mass is 9.58. The van der Waals surface area contributed by atoms with Gasteiger partial charge in [-0.2, -0.15) is 0 Å². The van der Waals surface area contributed by atoms with Crippen LogP contribution in [-0.4, -0.2) is 22.4 Å². The van der Waals surface area contributed by atoms with Crippen molar-refractivity contribution in [2.24, 2.45) is 17.8 Å². The number of alkyl halides is 1. The maximum Gasteiger partial charge on any atom is 0.173 e. The van der Waals surface area contributed by atoms with Gasteiger partial charge in [-0.15, -0.1) is 18.2 Å². The summed E-state index contributed by atoms with van der Waals surface area (Å²) in [5.74, 6) is -0.340. The number of hydrogen-bond acceptors (Lipinski definition) is 2. The van der Waals surface area contributed by atoms with E-state index in [9.17, 15) is 9.90 Å². The van der Waals surface area contributed by atoms with Crippen LogP contribution in [0, 0.1) is 17.8 Å². The lowest BCUT2D eigenvalue weighted by Gasteiger charge is -2.48. The van der Waals surface area contributed by atoms with Crippen molar-refractivity contribution >= 4 is 17.4 Å². The molecule has 0 heterocycles. The maximum absolute atomic E-state index is 12.0. The molecule has 2 bridgehead atoms. The third kappa shape index (κ3) is 1.31. The molecule has 4 unspecified atom stereocenters. The van der Waals surface area contributed by atoms with E-state index in [1.54, 1.807) is 0 Å². The standard InChI is InChI=1S/C12H15ClO2/c1-3-8-5-10-7(2)4-9(8)11(14)12(10,15)6-13/h3-4,8-10,15H,1,5-6H2,2H3. The Balaban J connectivity index is 2.46. The Morgan fingerprint density at radius 1 is 1.80 bits per heavy atom. The van der Waals surface area contributed by atoms with Crippen molar-refractivity contribution in [1.82, 2.24) is 0 Å². The van der Waals surface area contributed by atoms with Crippen molar-refractivity contribution in [1.29, 1.82) is 0 Å². The Kier molecular flexibility index (Phi) is 2.52. The topological polar surface area (TPSA) is 37.3 Å². The molecular formula is C12H15ClO2. The molecule has 4 atom stereocenters. The van der Waals surface area contributed by atoms with Gasteiger partial charge in [-0.1, -0.05) is 17.7 Å². The minimum Gasteiger partial charge on any atom is -0.380 e. The van der Waals surface area contributed by atoms with Gasteiger partial charge in [-0.3, -0.25) is 4.79 Å². The van der Waals surface area contributed by atoms with E-state index in [2.05, 4.69) is 6.58 Å². The van der Waals surface area contributed by atoms with Gasteiger partial charge in [-0.05, 0) is 19.3 Å². The fourth-order valence-electron chi connectivity index (χ4n) is 2.83. The number of aliphatic hydroxyl groups is 1. The molecule has 82 valence electrons. The Morgan fingerprint density at radius 2 is 2.47 bits per heavy atom. The number of halogens is 1. The first-order chi connectivity index (χ1) is 7.04. The number of carbonyl (C=O) groups excluding carboxylic acids is 1. The first-order valence-electron chi connectivity index (χ1n) is 5.18. The van der Waals surface area contributed by atoms with Crippen LogP contribution in [0.25, 0.3) is 0 Å². The molecule has 1 fully saturated rings. The van der Waals surface area contributed by atoms with Crippen LogP contribution in [0.1, 0.15) is 13.3 Å². The van der Waals surface area contributed by atoms with Crippen LogP contribution >= 0.6 is 11.6 Å². The summed E-state index contributed by atoms with van der Waals surface area (Å²) in [5.41, 5.74) is -0.259. The summed E-state index contributed by atoms with van der Waals surface area (Å²) in [4.78, 5) is 12.0. The van der Waals surface area contributed by atoms with Crippen molar-refractivity contribution in [2.45, 2.75) is 18.9 Å². The van der Waals surface area contributed by atoms with Crippen LogP contribution in [0.5, 0.6) is 0 Å². The van der Waals surface area contributed by atoms with E-state index in [1.807, 2.05) is 19.1 Å². The molecule has 3 aliphatic rings. The van der Waals surface area contributed by atoms with Crippen LogP contribution in [0.3, 0.4) is 0 Å². The number of fused-ring (bicyclic) bond motifs is 2. The minimum absolute atomic E-state index is 0.0119. The van der Waals surface area contributed by atoms with Gasteiger partial charge in [0.2, 0.25) is 0 Å². The van der Waals surface area contributed by atoms with Gasteiger partial charge in [0.05, 0.1) is 5.88 Å². The van der Waals surface area contributed by atoms with Gasteiger partial charge in [0, 0.05) is 11.8 Å². The second-order valence-electron chi connectivity index (χ2n) is 4.55. The maximum atomic E-state index is 12.0. The molecule has 0 aromatic carbocycles. The van der Waals surface area contributed by atoms with Crippen molar-refractivity contribution in [2.75, 3.05) is 5.88 Å². The molecule has 0 aliphatic heterocycles. The molecule has 0 radical (unpaired) electrons. The van der Waals surface area contributed by atoms with Crippen LogP contribution < -0.4 is 0 Å². The zero-order chi connectivity index (χ0) is 11.2. The highest BCUT2D eigenvalue weighted by Crippen LogP contribution is 2.48. The van der Waals surface area contributed by atoms with E-state index in [-0.39, 0.29) is 29.4 Å². The molecule has 2 nitrogen and oxygen atoms in total. The smallest absolute Gasteiger partial charge is 0.173 e. The molecule has 1 saturated carbocycles. The van der Waals surface area contributed by atoms with Crippen LogP contribution in [-0.2, 0) is 4.79 Å². The number of ketones is 1. The first-order valence-corrected chi connectivity index (χ1v) is 5.71. The third-order valence-corrected chi connectivity index (χ3v) is 4.18. The van der Waals surface area contributed by atoms with Gasteiger partial charge in [0.1, 0.15) is 5.60 Å². The summed E-state index contributed by atoms with van der Waals surface area (Å²) in [6.45, 7) is 5.70. The highest BCUT2D eigenvalue weighted by Gasteiger charge is 2.55. The number of hydrogen-bond donors (Lipinski definition) is 1. The molecule has 0 spiro atoms. The number of rotatable bonds is 2. The van der Waals surface area contributed by atoms with Gasteiger partial charge >= 0.3 is 0 Å². The summed E-state index contributed by atoms with van der Waals surface area (Å²) >= 11 is 5.74. The molecule has 15 heavy (non-hydrogen) atoms. The fraction of sp³-hybridized carbons (Fsp3) is 0.583. The van der Waals surface area contributed by atoms with Gasteiger partial charge < -0.3 is 5.11 Å². The van der Waals surface area contributed by atoms with Gasteiger partial charge in [0.25, 0.3) is 0 Å². The number of carbonyl (C=O) groups is 1. The van der Waals surface area contributed by atoms with Crippen molar-refractivity contribution in [3.63, 3.8) is 0 Å². The Labute approximate surface area is 94.6 Å². The second-order valence-corrected chi connectivity index (χ2v) is 4.81. The molecule has 3 heteroatoms. The predicted octanol–water partition coefficient (Wildman–Crippen LogP) is 1.92. The highest BCUT2D eigenvalue weighted by atomic mass is 35.5. The van der Waals surface area contributed by atoms with E-state index in [0.717, 1.165) is 12.0 Å². The van der Waals surface area contributed by atoms with E-state index < -0.39 is 5.60 Å². The minimum atomic E-state index is -1.34. The predicted molar refractivity (Wildman–Crippen MR) is 59.7 cm³/mol. The lowest BCUT2D eigenvalue weighted by Crippen LogP contribution is -2.58. The van der Waals surface area contributed by atoms with Crippen LogP contribution in [0.2, 0.25) is 0 Å². The SMILES string of the molecule is C=CC1CC2C(C)=CC1C(=O)C2(O)CCl.